The van der Waals surface area contributed by atoms with Gasteiger partial charge in [-0.1, -0.05) is 64.7 Å². The molecule has 0 unspecified atom stereocenters. The number of allylic oxidation sites excluding steroid dienone is 1. The van der Waals surface area contributed by atoms with Gasteiger partial charge < -0.3 is 9.66 Å². The fourth-order valence-corrected chi connectivity index (χ4v) is 2.28. The van der Waals surface area contributed by atoms with Crippen LogP contribution in [0.2, 0.25) is 0 Å². The van der Waals surface area contributed by atoms with Crippen molar-refractivity contribution in [1.82, 2.24) is 0 Å². The van der Waals surface area contributed by atoms with Crippen LogP contribution in [-0.4, -0.2) is 18.1 Å². The minimum absolute atomic E-state index is 0. The van der Waals surface area contributed by atoms with E-state index in [1.54, 1.807) is 0 Å². The molecule has 6 heteroatoms. The maximum absolute atomic E-state index is 10.4. The number of rotatable bonds is 12. The normalized spacial score (nSPS) is 12.2. The summed E-state index contributed by atoms with van der Waals surface area (Å²) in [6.45, 7) is 2.21. The monoisotopic (exact) mass is 314 g/mol. The van der Waals surface area contributed by atoms with Crippen LogP contribution in [0.15, 0.2) is 11.2 Å². The Labute approximate surface area is 146 Å². The predicted octanol–water partition coefficient (Wildman–Crippen LogP) is 1.25. The van der Waals surface area contributed by atoms with Gasteiger partial charge in [-0.15, -0.1) is 0 Å². The second-order valence-electron chi connectivity index (χ2n) is 4.97. The zero-order valence-corrected chi connectivity index (χ0v) is 15.8. The van der Waals surface area contributed by atoms with Crippen LogP contribution in [0.5, 0.6) is 0 Å². The van der Waals surface area contributed by atoms with Gasteiger partial charge in [0, 0.05) is 0 Å². The first-order valence-electron chi connectivity index (χ1n) is 7.33. The summed E-state index contributed by atoms with van der Waals surface area (Å²) >= 11 is 0. The van der Waals surface area contributed by atoms with Crippen molar-refractivity contribution in [2.75, 3.05) is 0 Å². The largest absolute Gasteiger partial charge is 1.00 e. The summed E-state index contributed by atoms with van der Waals surface area (Å²) in [5, 5.41) is 7.85. The molecule has 0 spiro atoms. The maximum Gasteiger partial charge on any atom is 1.00 e. The van der Waals surface area contributed by atoms with Crippen LogP contribution >= 0.6 is 0 Å². The van der Waals surface area contributed by atoms with Gasteiger partial charge in [-0.2, -0.15) is 0 Å². The van der Waals surface area contributed by atoms with Crippen LogP contribution in [0.25, 0.3) is 0 Å². The zero-order valence-electron chi connectivity index (χ0n) is 12.9. The Morgan fingerprint density at radius 1 is 0.950 bits per heavy atom. The van der Waals surface area contributed by atoms with Gasteiger partial charge in [0.2, 0.25) is 0 Å². The number of aliphatic hydroxyl groups excluding tert-OH is 1. The standard InChI is InChI=1S/C14H28O4S.Na/c1-2-3-4-5-6-7-8-9-10-11-12-13-14(15)19(16,17)18;/h13,15H,2-12H2,1H3,(H,16,17,18);/q;+1/p-1. The molecule has 0 aliphatic heterocycles. The van der Waals surface area contributed by atoms with Gasteiger partial charge in [-0.3, -0.25) is 0 Å². The number of aliphatic hydroxyl groups is 1. The molecule has 0 aliphatic rings. The Bertz CT molecular complexity index is 339. The third-order valence-electron chi connectivity index (χ3n) is 3.13. The number of hydrogen-bond acceptors (Lipinski definition) is 4. The van der Waals surface area contributed by atoms with Crippen molar-refractivity contribution in [2.24, 2.45) is 0 Å². The van der Waals surface area contributed by atoms with Crippen molar-refractivity contribution in [3.8, 4) is 0 Å². The predicted molar refractivity (Wildman–Crippen MR) is 76.9 cm³/mol. The van der Waals surface area contributed by atoms with Crippen molar-refractivity contribution >= 4 is 10.1 Å². The van der Waals surface area contributed by atoms with E-state index < -0.39 is 15.2 Å². The number of unbranched alkanes of at least 4 members (excludes halogenated alkanes) is 10. The summed E-state index contributed by atoms with van der Waals surface area (Å²) in [4.78, 5) is 0. The Hall–Kier alpha value is 0.450. The molecule has 0 saturated carbocycles. The van der Waals surface area contributed by atoms with Crippen LogP contribution in [0, 0.1) is 0 Å². The molecule has 0 aromatic heterocycles. The summed E-state index contributed by atoms with van der Waals surface area (Å²) in [6, 6.07) is 0. The van der Waals surface area contributed by atoms with Gasteiger partial charge >= 0.3 is 29.6 Å². The summed E-state index contributed by atoms with van der Waals surface area (Å²) in [5.41, 5.74) is 0. The molecule has 0 aliphatic carbocycles. The van der Waals surface area contributed by atoms with E-state index in [0.717, 1.165) is 25.3 Å². The summed E-state index contributed by atoms with van der Waals surface area (Å²) in [7, 11) is -4.65. The van der Waals surface area contributed by atoms with Crippen LogP contribution in [0.1, 0.15) is 77.6 Å². The molecule has 0 heterocycles. The van der Waals surface area contributed by atoms with E-state index >= 15 is 0 Å². The Kier molecular flexibility index (Phi) is 16.4. The van der Waals surface area contributed by atoms with E-state index in [-0.39, 0.29) is 29.6 Å². The van der Waals surface area contributed by atoms with E-state index in [1.807, 2.05) is 0 Å². The first kappa shape index (κ1) is 22.7. The summed E-state index contributed by atoms with van der Waals surface area (Å²) < 4.78 is 31.1. The van der Waals surface area contributed by atoms with E-state index in [4.69, 9.17) is 5.11 Å². The second-order valence-corrected chi connectivity index (χ2v) is 6.29. The van der Waals surface area contributed by atoms with Gasteiger partial charge in [0.05, 0.1) is 0 Å². The summed E-state index contributed by atoms with van der Waals surface area (Å²) in [6.07, 6.45) is 13.6. The zero-order chi connectivity index (χ0) is 14.6. The minimum Gasteiger partial charge on any atom is -0.742 e. The molecule has 0 radical (unpaired) electrons. The van der Waals surface area contributed by atoms with E-state index in [2.05, 4.69) is 6.92 Å². The molecule has 0 aromatic rings. The molecule has 0 amide bonds. The van der Waals surface area contributed by atoms with Crippen molar-refractivity contribution in [2.45, 2.75) is 77.6 Å². The van der Waals surface area contributed by atoms with Crippen LogP contribution in [0.3, 0.4) is 0 Å². The summed E-state index contributed by atoms with van der Waals surface area (Å²) in [5.74, 6) is 0. The molecule has 0 fully saturated rings. The van der Waals surface area contributed by atoms with Gasteiger partial charge in [0.15, 0.2) is 15.2 Å². The van der Waals surface area contributed by atoms with Crippen molar-refractivity contribution in [1.29, 1.82) is 0 Å². The first-order valence-corrected chi connectivity index (χ1v) is 8.74. The van der Waals surface area contributed by atoms with Gasteiger partial charge in [-0.25, -0.2) is 8.42 Å². The first-order chi connectivity index (χ1) is 8.98. The molecular weight excluding hydrogens is 287 g/mol. The minimum atomic E-state index is -4.65. The van der Waals surface area contributed by atoms with Crippen LogP contribution in [-0.2, 0) is 10.1 Å². The van der Waals surface area contributed by atoms with E-state index in [9.17, 15) is 13.0 Å². The average molecular weight is 314 g/mol. The van der Waals surface area contributed by atoms with Gasteiger partial charge in [0.25, 0.3) is 0 Å². The second kappa shape index (κ2) is 14.4. The van der Waals surface area contributed by atoms with Crippen molar-refractivity contribution in [3.63, 3.8) is 0 Å². The molecule has 1 N–H and O–H groups in total. The molecule has 4 nitrogen and oxygen atoms in total. The topological polar surface area (TPSA) is 77.4 Å². The Balaban J connectivity index is 0. The molecule has 20 heavy (non-hydrogen) atoms. The molecular formula is C14H27NaO4S. The Morgan fingerprint density at radius 3 is 1.75 bits per heavy atom. The van der Waals surface area contributed by atoms with Gasteiger partial charge in [0.1, 0.15) is 0 Å². The van der Waals surface area contributed by atoms with E-state index in [1.165, 1.54) is 44.9 Å². The fraction of sp³-hybridized carbons (Fsp3) is 0.857. The molecule has 0 bridgehead atoms. The maximum atomic E-state index is 10.4. The molecule has 0 aromatic carbocycles. The van der Waals surface area contributed by atoms with Crippen LogP contribution in [0.4, 0.5) is 0 Å². The van der Waals surface area contributed by atoms with Crippen molar-refractivity contribution in [3.05, 3.63) is 11.2 Å². The van der Waals surface area contributed by atoms with Gasteiger partial charge in [-0.05, 0) is 18.9 Å². The smallest absolute Gasteiger partial charge is 0.742 e. The molecule has 0 atom stereocenters. The average Bonchev–Trinajstić information content (AvgIpc) is 2.34. The molecule has 0 rings (SSSR count). The Morgan fingerprint density at radius 2 is 1.35 bits per heavy atom. The molecule has 0 saturated heterocycles. The quantitative estimate of drug-likeness (QED) is 0.254. The third-order valence-corrected chi connectivity index (χ3v) is 3.81. The fourth-order valence-electron chi connectivity index (χ4n) is 1.96. The molecule has 114 valence electrons. The van der Waals surface area contributed by atoms with Crippen molar-refractivity contribution < 1.29 is 47.6 Å². The SMILES string of the molecule is CCCCCCCCCCCCC=C(O)S(=O)(=O)[O-].[Na+]. The number of hydrogen-bond donors (Lipinski definition) is 1. The van der Waals surface area contributed by atoms with Crippen LogP contribution < -0.4 is 29.6 Å². The third kappa shape index (κ3) is 14.9. The van der Waals surface area contributed by atoms with E-state index in [0.29, 0.717) is 6.42 Å².